The molecule has 1 amide bonds. The molecule has 6 nitrogen and oxygen atoms in total. The molecule has 6 heteroatoms. The second-order valence-corrected chi connectivity index (χ2v) is 3.14. The molecule has 0 atom stereocenters. The SMILES string of the molecule is N#Cc1ccc(C(=O)NCCOCCO)nc1. The van der Waals surface area contributed by atoms with E-state index in [1.807, 2.05) is 6.07 Å². The zero-order valence-electron chi connectivity index (χ0n) is 9.22. The molecule has 0 unspecified atom stereocenters. The standard InChI is InChI=1S/C11H13N3O3/c12-7-9-1-2-10(14-8-9)11(16)13-3-5-17-6-4-15/h1-2,8,15H,3-6H2,(H,13,16). The van der Waals surface area contributed by atoms with Crippen molar-refractivity contribution in [3.05, 3.63) is 29.6 Å². The molecular weight excluding hydrogens is 222 g/mol. The maximum atomic E-state index is 11.5. The smallest absolute Gasteiger partial charge is 0.269 e. The van der Waals surface area contributed by atoms with E-state index < -0.39 is 0 Å². The summed E-state index contributed by atoms with van der Waals surface area (Å²) in [6, 6.07) is 4.94. The highest BCUT2D eigenvalue weighted by Crippen LogP contribution is 1.98. The Kier molecular flexibility index (Phi) is 5.64. The van der Waals surface area contributed by atoms with E-state index in [0.29, 0.717) is 18.7 Å². The number of aliphatic hydroxyl groups excluding tert-OH is 1. The van der Waals surface area contributed by atoms with Crippen LogP contribution in [0, 0.1) is 11.3 Å². The Bertz CT molecular complexity index is 397. The van der Waals surface area contributed by atoms with Gasteiger partial charge in [0.05, 0.1) is 25.4 Å². The number of amides is 1. The highest BCUT2D eigenvalue weighted by atomic mass is 16.5. The zero-order valence-corrected chi connectivity index (χ0v) is 9.22. The molecule has 2 N–H and O–H groups in total. The number of rotatable bonds is 6. The molecule has 0 aliphatic heterocycles. The van der Waals surface area contributed by atoms with Crippen molar-refractivity contribution < 1.29 is 14.6 Å². The molecule has 0 saturated heterocycles. The van der Waals surface area contributed by atoms with Crippen molar-refractivity contribution in [2.75, 3.05) is 26.4 Å². The van der Waals surface area contributed by atoms with Crippen LogP contribution in [0.5, 0.6) is 0 Å². The molecule has 1 aromatic rings. The van der Waals surface area contributed by atoms with Crippen LogP contribution in [0.3, 0.4) is 0 Å². The topological polar surface area (TPSA) is 95.2 Å². The Morgan fingerprint density at radius 2 is 2.35 bits per heavy atom. The monoisotopic (exact) mass is 235 g/mol. The molecular formula is C11H13N3O3. The van der Waals surface area contributed by atoms with E-state index in [2.05, 4.69) is 10.3 Å². The molecule has 0 spiro atoms. The van der Waals surface area contributed by atoms with Gasteiger partial charge in [-0.15, -0.1) is 0 Å². The third kappa shape index (κ3) is 4.59. The molecule has 0 radical (unpaired) electrons. The maximum Gasteiger partial charge on any atom is 0.269 e. The molecule has 0 aromatic carbocycles. The van der Waals surface area contributed by atoms with Crippen LogP contribution in [0.25, 0.3) is 0 Å². The second kappa shape index (κ2) is 7.33. The van der Waals surface area contributed by atoms with Crippen molar-refractivity contribution in [3.8, 4) is 6.07 Å². The maximum absolute atomic E-state index is 11.5. The number of hydrogen-bond donors (Lipinski definition) is 2. The number of aromatic nitrogens is 1. The molecule has 0 saturated carbocycles. The summed E-state index contributed by atoms with van der Waals surface area (Å²) < 4.78 is 4.98. The predicted octanol–water partition coefficient (Wildman–Crippen LogP) is -0.308. The van der Waals surface area contributed by atoms with Crippen molar-refractivity contribution in [3.63, 3.8) is 0 Å². The number of aliphatic hydroxyl groups is 1. The van der Waals surface area contributed by atoms with E-state index in [4.69, 9.17) is 15.1 Å². The molecule has 1 rings (SSSR count). The van der Waals surface area contributed by atoms with Gasteiger partial charge in [-0.05, 0) is 12.1 Å². The number of nitrogens with zero attached hydrogens (tertiary/aromatic N) is 2. The van der Waals surface area contributed by atoms with E-state index in [1.165, 1.54) is 18.3 Å². The summed E-state index contributed by atoms with van der Waals surface area (Å²) >= 11 is 0. The molecule has 0 bridgehead atoms. The second-order valence-electron chi connectivity index (χ2n) is 3.14. The number of carbonyl (C=O) groups is 1. The number of nitriles is 1. The quantitative estimate of drug-likeness (QED) is 0.659. The molecule has 17 heavy (non-hydrogen) atoms. The van der Waals surface area contributed by atoms with Gasteiger partial charge >= 0.3 is 0 Å². The number of ether oxygens (including phenoxy) is 1. The molecule has 90 valence electrons. The molecule has 0 aliphatic rings. The van der Waals surface area contributed by atoms with Gasteiger partial charge in [0.15, 0.2) is 0 Å². The Balaban J connectivity index is 2.34. The van der Waals surface area contributed by atoms with E-state index in [1.54, 1.807) is 0 Å². The summed E-state index contributed by atoms with van der Waals surface area (Å²) in [6.45, 7) is 0.902. The lowest BCUT2D eigenvalue weighted by Crippen LogP contribution is -2.28. The van der Waals surface area contributed by atoms with E-state index in [0.717, 1.165) is 0 Å². The van der Waals surface area contributed by atoms with E-state index in [9.17, 15) is 4.79 Å². The Morgan fingerprint density at radius 1 is 1.53 bits per heavy atom. The van der Waals surface area contributed by atoms with Gasteiger partial charge in [-0.25, -0.2) is 4.98 Å². The van der Waals surface area contributed by atoms with Crippen LogP contribution in [-0.2, 0) is 4.74 Å². The first kappa shape index (κ1) is 13.1. The first-order valence-corrected chi connectivity index (χ1v) is 5.11. The average molecular weight is 235 g/mol. The lowest BCUT2D eigenvalue weighted by molar-refractivity contribution is 0.0835. The normalized spacial score (nSPS) is 9.65. The van der Waals surface area contributed by atoms with Crippen LogP contribution in [0.2, 0.25) is 0 Å². The fraction of sp³-hybridized carbons (Fsp3) is 0.364. The number of carbonyl (C=O) groups excluding carboxylic acids is 1. The Hall–Kier alpha value is -1.97. The van der Waals surface area contributed by atoms with Gasteiger partial charge in [-0.1, -0.05) is 0 Å². The zero-order chi connectivity index (χ0) is 12.5. The van der Waals surface area contributed by atoms with Gasteiger partial charge in [0, 0.05) is 12.7 Å². The molecule has 0 aliphatic carbocycles. The van der Waals surface area contributed by atoms with Crippen LogP contribution in [-0.4, -0.2) is 42.4 Å². The average Bonchev–Trinajstić information content (AvgIpc) is 2.38. The first-order chi connectivity index (χ1) is 8.27. The van der Waals surface area contributed by atoms with Crippen LogP contribution in [0.4, 0.5) is 0 Å². The van der Waals surface area contributed by atoms with E-state index >= 15 is 0 Å². The number of nitrogens with one attached hydrogen (secondary N) is 1. The van der Waals surface area contributed by atoms with Gasteiger partial charge in [0.25, 0.3) is 5.91 Å². The Labute approximate surface area is 98.9 Å². The molecule has 1 aromatic heterocycles. The van der Waals surface area contributed by atoms with Gasteiger partial charge in [0.2, 0.25) is 0 Å². The first-order valence-electron chi connectivity index (χ1n) is 5.11. The summed E-state index contributed by atoms with van der Waals surface area (Å²) in [5, 5.41) is 19.6. The lowest BCUT2D eigenvalue weighted by atomic mass is 10.2. The van der Waals surface area contributed by atoms with Crippen LogP contribution in [0.15, 0.2) is 18.3 Å². The van der Waals surface area contributed by atoms with Crippen molar-refractivity contribution in [1.82, 2.24) is 10.3 Å². The fourth-order valence-electron chi connectivity index (χ4n) is 1.09. The lowest BCUT2D eigenvalue weighted by Gasteiger charge is -2.04. The van der Waals surface area contributed by atoms with Crippen LogP contribution >= 0.6 is 0 Å². The fourth-order valence-corrected chi connectivity index (χ4v) is 1.09. The minimum Gasteiger partial charge on any atom is -0.394 e. The number of hydrogen-bond acceptors (Lipinski definition) is 5. The van der Waals surface area contributed by atoms with Crippen molar-refractivity contribution in [1.29, 1.82) is 5.26 Å². The largest absolute Gasteiger partial charge is 0.394 e. The number of pyridine rings is 1. The third-order valence-corrected chi connectivity index (χ3v) is 1.89. The van der Waals surface area contributed by atoms with E-state index in [-0.39, 0.29) is 24.8 Å². The van der Waals surface area contributed by atoms with Crippen molar-refractivity contribution in [2.45, 2.75) is 0 Å². The summed E-state index contributed by atoms with van der Waals surface area (Å²) in [6.07, 6.45) is 1.34. The van der Waals surface area contributed by atoms with Crippen molar-refractivity contribution >= 4 is 5.91 Å². The van der Waals surface area contributed by atoms with Gasteiger partial charge in [-0.3, -0.25) is 4.79 Å². The minimum absolute atomic E-state index is 0.0366. The third-order valence-electron chi connectivity index (χ3n) is 1.89. The highest BCUT2D eigenvalue weighted by molar-refractivity contribution is 5.92. The predicted molar refractivity (Wildman–Crippen MR) is 59.2 cm³/mol. The minimum atomic E-state index is -0.318. The Morgan fingerprint density at radius 3 is 2.94 bits per heavy atom. The summed E-state index contributed by atoms with van der Waals surface area (Å²) in [5.74, 6) is -0.318. The van der Waals surface area contributed by atoms with Gasteiger partial charge in [-0.2, -0.15) is 5.26 Å². The van der Waals surface area contributed by atoms with Crippen molar-refractivity contribution in [2.24, 2.45) is 0 Å². The van der Waals surface area contributed by atoms with Crippen LogP contribution in [0.1, 0.15) is 16.1 Å². The summed E-state index contributed by atoms with van der Waals surface area (Å²) in [7, 11) is 0. The van der Waals surface area contributed by atoms with Crippen LogP contribution < -0.4 is 5.32 Å². The molecule has 1 heterocycles. The summed E-state index contributed by atoms with van der Waals surface area (Å²) in [4.78, 5) is 15.4. The van der Waals surface area contributed by atoms with Gasteiger partial charge in [0.1, 0.15) is 11.8 Å². The highest BCUT2D eigenvalue weighted by Gasteiger charge is 2.05. The molecule has 0 fully saturated rings. The van der Waals surface area contributed by atoms with Gasteiger partial charge < -0.3 is 15.2 Å². The summed E-state index contributed by atoms with van der Waals surface area (Å²) in [5.41, 5.74) is 0.666.